The molecule has 0 bridgehead atoms. The SMILES string of the molecule is NC1CC(CNC(=O)Nc2ccc(F)cc2)C1. The number of carbonyl (C=O) groups is 1. The highest BCUT2D eigenvalue weighted by molar-refractivity contribution is 5.89. The number of carbonyl (C=O) groups excluding carboxylic acids is 1. The van der Waals surface area contributed by atoms with Crippen molar-refractivity contribution < 1.29 is 9.18 Å². The molecule has 1 aliphatic carbocycles. The largest absolute Gasteiger partial charge is 0.338 e. The minimum atomic E-state index is -0.320. The molecule has 5 heteroatoms. The third kappa shape index (κ3) is 3.42. The third-order valence-electron chi connectivity index (χ3n) is 2.93. The molecule has 17 heavy (non-hydrogen) atoms. The van der Waals surface area contributed by atoms with Crippen LogP contribution < -0.4 is 16.4 Å². The number of rotatable bonds is 3. The fourth-order valence-electron chi connectivity index (χ4n) is 1.90. The maximum Gasteiger partial charge on any atom is 0.319 e. The number of nitrogens with one attached hydrogen (secondary N) is 2. The molecular weight excluding hydrogens is 221 g/mol. The van der Waals surface area contributed by atoms with Crippen molar-refractivity contribution in [3.05, 3.63) is 30.1 Å². The van der Waals surface area contributed by atoms with E-state index >= 15 is 0 Å². The highest BCUT2D eigenvalue weighted by Crippen LogP contribution is 2.24. The van der Waals surface area contributed by atoms with Crippen LogP contribution in [0.15, 0.2) is 24.3 Å². The third-order valence-corrected chi connectivity index (χ3v) is 2.93. The zero-order valence-corrected chi connectivity index (χ0v) is 9.45. The number of hydrogen-bond donors (Lipinski definition) is 3. The lowest BCUT2D eigenvalue weighted by Crippen LogP contribution is -2.43. The van der Waals surface area contributed by atoms with Crippen LogP contribution in [-0.2, 0) is 0 Å². The molecule has 0 atom stereocenters. The van der Waals surface area contributed by atoms with E-state index < -0.39 is 0 Å². The van der Waals surface area contributed by atoms with Gasteiger partial charge < -0.3 is 16.4 Å². The average molecular weight is 237 g/mol. The monoisotopic (exact) mass is 237 g/mol. The van der Waals surface area contributed by atoms with Crippen LogP contribution in [0.3, 0.4) is 0 Å². The van der Waals surface area contributed by atoms with E-state index in [4.69, 9.17) is 5.73 Å². The summed E-state index contributed by atoms with van der Waals surface area (Å²) in [4.78, 5) is 11.5. The van der Waals surface area contributed by atoms with Gasteiger partial charge in [0.1, 0.15) is 5.82 Å². The average Bonchev–Trinajstić information content (AvgIpc) is 2.26. The number of anilines is 1. The summed E-state index contributed by atoms with van der Waals surface area (Å²) in [6.07, 6.45) is 1.94. The maximum absolute atomic E-state index is 12.6. The van der Waals surface area contributed by atoms with E-state index in [1.165, 1.54) is 24.3 Å². The summed E-state index contributed by atoms with van der Waals surface area (Å²) < 4.78 is 12.6. The quantitative estimate of drug-likeness (QED) is 0.748. The first-order valence-electron chi connectivity index (χ1n) is 5.69. The van der Waals surface area contributed by atoms with Crippen molar-refractivity contribution in [2.45, 2.75) is 18.9 Å². The van der Waals surface area contributed by atoms with Crippen molar-refractivity contribution >= 4 is 11.7 Å². The summed E-state index contributed by atoms with van der Waals surface area (Å²) in [5.74, 6) is 0.170. The van der Waals surface area contributed by atoms with Gasteiger partial charge in [-0.3, -0.25) is 0 Å². The summed E-state index contributed by atoms with van der Waals surface area (Å²) in [6.45, 7) is 0.640. The predicted molar refractivity (Wildman–Crippen MR) is 64.1 cm³/mol. The van der Waals surface area contributed by atoms with Gasteiger partial charge in [-0.25, -0.2) is 9.18 Å². The van der Waals surface area contributed by atoms with Crippen LogP contribution in [0.5, 0.6) is 0 Å². The molecule has 0 heterocycles. The van der Waals surface area contributed by atoms with Gasteiger partial charge in [0.15, 0.2) is 0 Å². The molecule has 0 radical (unpaired) electrons. The van der Waals surface area contributed by atoms with Crippen LogP contribution in [0.25, 0.3) is 0 Å². The number of hydrogen-bond acceptors (Lipinski definition) is 2. The summed E-state index contributed by atoms with van der Waals surface area (Å²) in [6, 6.07) is 5.68. The van der Waals surface area contributed by atoms with E-state index in [1.807, 2.05) is 0 Å². The Morgan fingerprint density at radius 2 is 2.00 bits per heavy atom. The number of halogens is 1. The van der Waals surface area contributed by atoms with Crippen LogP contribution >= 0.6 is 0 Å². The van der Waals surface area contributed by atoms with Gasteiger partial charge in [-0.1, -0.05) is 0 Å². The number of nitrogens with two attached hydrogens (primary N) is 1. The van der Waals surface area contributed by atoms with Gasteiger partial charge in [0.25, 0.3) is 0 Å². The molecule has 0 aromatic heterocycles. The molecule has 1 saturated carbocycles. The Kier molecular flexibility index (Phi) is 3.58. The Hall–Kier alpha value is -1.62. The first-order valence-corrected chi connectivity index (χ1v) is 5.69. The second-order valence-electron chi connectivity index (χ2n) is 4.44. The lowest BCUT2D eigenvalue weighted by molar-refractivity contribution is 0.234. The molecule has 1 aliphatic rings. The molecular formula is C12H16FN3O. The zero-order chi connectivity index (χ0) is 12.3. The van der Waals surface area contributed by atoms with E-state index in [-0.39, 0.29) is 11.8 Å². The molecule has 1 aromatic rings. The van der Waals surface area contributed by atoms with Crippen LogP contribution in [0.2, 0.25) is 0 Å². The van der Waals surface area contributed by atoms with Gasteiger partial charge in [0.2, 0.25) is 0 Å². The smallest absolute Gasteiger partial charge is 0.319 e. The van der Waals surface area contributed by atoms with Crippen LogP contribution in [-0.4, -0.2) is 18.6 Å². The van der Waals surface area contributed by atoms with Gasteiger partial charge in [-0.05, 0) is 43.0 Å². The zero-order valence-electron chi connectivity index (χ0n) is 9.45. The minimum absolute atomic E-state index is 0.267. The van der Waals surface area contributed by atoms with E-state index in [1.54, 1.807) is 0 Å². The molecule has 2 amide bonds. The lowest BCUT2D eigenvalue weighted by atomic mass is 9.81. The van der Waals surface area contributed by atoms with Crippen molar-refractivity contribution in [3.63, 3.8) is 0 Å². The Bertz CT molecular complexity index is 387. The molecule has 4 N–H and O–H groups in total. The predicted octanol–water partition coefficient (Wildman–Crippen LogP) is 1.68. The van der Waals surface area contributed by atoms with E-state index in [0.717, 1.165) is 12.8 Å². The molecule has 0 spiro atoms. The van der Waals surface area contributed by atoms with Crippen molar-refractivity contribution in [1.82, 2.24) is 5.32 Å². The standard InChI is InChI=1S/C12H16FN3O/c13-9-1-3-11(4-2-9)16-12(17)15-7-8-5-10(14)6-8/h1-4,8,10H,5-7,14H2,(H2,15,16,17). The van der Waals surface area contributed by atoms with Gasteiger partial charge in [-0.15, -0.1) is 0 Å². The Morgan fingerprint density at radius 1 is 1.35 bits per heavy atom. The lowest BCUT2D eigenvalue weighted by Gasteiger charge is -2.32. The van der Waals surface area contributed by atoms with Gasteiger partial charge in [0, 0.05) is 18.3 Å². The molecule has 1 fully saturated rings. The summed E-state index contributed by atoms with van der Waals surface area (Å²) >= 11 is 0. The topological polar surface area (TPSA) is 67.1 Å². The first kappa shape index (κ1) is 11.9. The molecule has 92 valence electrons. The first-order chi connectivity index (χ1) is 8.13. The molecule has 1 aromatic carbocycles. The molecule has 2 rings (SSSR count). The number of urea groups is 1. The van der Waals surface area contributed by atoms with E-state index in [9.17, 15) is 9.18 Å². The fourth-order valence-corrected chi connectivity index (χ4v) is 1.90. The van der Waals surface area contributed by atoms with Crippen molar-refractivity contribution in [2.24, 2.45) is 11.7 Å². The van der Waals surface area contributed by atoms with Gasteiger partial charge in [-0.2, -0.15) is 0 Å². The Labute approximate surface area is 99.4 Å². The molecule has 0 unspecified atom stereocenters. The Balaban J connectivity index is 1.71. The maximum atomic E-state index is 12.6. The highest BCUT2D eigenvalue weighted by atomic mass is 19.1. The Morgan fingerprint density at radius 3 is 2.59 bits per heavy atom. The van der Waals surface area contributed by atoms with Crippen molar-refractivity contribution in [2.75, 3.05) is 11.9 Å². The van der Waals surface area contributed by atoms with Crippen LogP contribution in [0.4, 0.5) is 14.9 Å². The second-order valence-corrected chi connectivity index (χ2v) is 4.44. The van der Waals surface area contributed by atoms with Gasteiger partial charge >= 0.3 is 6.03 Å². The van der Waals surface area contributed by atoms with E-state index in [2.05, 4.69) is 10.6 Å². The summed E-state index contributed by atoms with van der Waals surface area (Å²) in [5.41, 5.74) is 6.23. The fraction of sp³-hybridized carbons (Fsp3) is 0.417. The summed E-state index contributed by atoms with van der Waals surface area (Å²) in [7, 11) is 0. The number of benzene rings is 1. The molecule has 0 aliphatic heterocycles. The number of amides is 2. The highest BCUT2D eigenvalue weighted by Gasteiger charge is 2.25. The van der Waals surface area contributed by atoms with Crippen molar-refractivity contribution in [1.29, 1.82) is 0 Å². The molecule has 0 saturated heterocycles. The van der Waals surface area contributed by atoms with Crippen LogP contribution in [0.1, 0.15) is 12.8 Å². The minimum Gasteiger partial charge on any atom is -0.338 e. The normalized spacial score (nSPS) is 22.7. The van der Waals surface area contributed by atoms with Crippen LogP contribution in [0, 0.1) is 11.7 Å². The van der Waals surface area contributed by atoms with Gasteiger partial charge in [0.05, 0.1) is 0 Å². The van der Waals surface area contributed by atoms with E-state index in [0.29, 0.717) is 24.2 Å². The second kappa shape index (κ2) is 5.14. The molecule has 4 nitrogen and oxygen atoms in total. The van der Waals surface area contributed by atoms with Crippen molar-refractivity contribution in [3.8, 4) is 0 Å². The summed E-state index contributed by atoms with van der Waals surface area (Å²) in [5, 5.41) is 5.40.